The van der Waals surface area contributed by atoms with Crippen LogP contribution in [0.15, 0.2) is 12.2 Å². The SMILES string of the molecule is C=C(C)[C@@H]1CC[C@]2(C(=O)NCCCC(=O)NCCCCCC(=O)OC)CC[C@]3(C)[C@H](CC[C@@H]4[C@@]5(C)CC[C@H](OC(C)=O)C(C)(C)[C@@H]5CC[C@]43C)[C@@H]12. The molecule has 0 aromatic heterocycles. The molecule has 51 heavy (non-hydrogen) atoms. The van der Waals surface area contributed by atoms with Crippen molar-refractivity contribution in [3.05, 3.63) is 12.2 Å². The zero-order valence-corrected chi connectivity index (χ0v) is 33.3. The number of esters is 2. The van der Waals surface area contributed by atoms with Crippen LogP contribution in [0.1, 0.15) is 151 Å². The maximum absolute atomic E-state index is 14.4. The Morgan fingerprint density at radius 2 is 1.45 bits per heavy atom. The summed E-state index contributed by atoms with van der Waals surface area (Å²) >= 11 is 0. The summed E-state index contributed by atoms with van der Waals surface area (Å²) < 4.78 is 10.6. The highest BCUT2D eigenvalue weighted by molar-refractivity contribution is 5.84. The molecular weight excluding hydrogens is 640 g/mol. The van der Waals surface area contributed by atoms with E-state index in [1.165, 1.54) is 38.4 Å². The molecule has 2 N–H and O–H groups in total. The van der Waals surface area contributed by atoms with Crippen molar-refractivity contribution in [3.8, 4) is 0 Å². The number of rotatable bonds is 13. The van der Waals surface area contributed by atoms with Gasteiger partial charge in [0.05, 0.1) is 12.5 Å². The molecule has 2 amide bonds. The van der Waals surface area contributed by atoms with Crippen LogP contribution in [-0.4, -0.2) is 50.1 Å². The van der Waals surface area contributed by atoms with Crippen LogP contribution < -0.4 is 10.6 Å². The lowest BCUT2D eigenvalue weighted by Crippen LogP contribution is -2.67. The third-order valence-corrected chi connectivity index (χ3v) is 16.2. The van der Waals surface area contributed by atoms with Gasteiger partial charge < -0.3 is 20.1 Å². The van der Waals surface area contributed by atoms with Gasteiger partial charge in [-0.2, -0.15) is 0 Å². The van der Waals surface area contributed by atoms with E-state index in [1.54, 1.807) is 6.92 Å². The second kappa shape index (κ2) is 15.2. The van der Waals surface area contributed by atoms with Crippen molar-refractivity contribution in [1.29, 1.82) is 0 Å². The van der Waals surface area contributed by atoms with E-state index < -0.39 is 0 Å². The maximum Gasteiger partial charge on any atom is 0.305 e. The van der Waals surface area contributed by atoms with Gasteiger partial charge in [0.15, 0.2) is 0 Å². The highest BCUT2D eigenvalue weighted by Gasteiger charge is 2.72. The molecule has 0 saturated heterocycles. The molecule has 0 bridgehead atoms. The van der Waals surface area contributed by atoms with Crippen molar-refractivity contribution in [2.45, 2.75) is 157 Å². The molecule has 0 aliphatic heterocycles. The normalized spacial score (nSPS) is 39.3. The van der Waals surface area contributed by atoms with Crippen LogP contribution in [0.4, 0.5) is 0 Å². The molecule has 10 atom stereocenters. The van der Waals surface area contributed by atoms with E-state index in [4.69, 9.17) is 4.74 Å². The van der Waals surface area contributed by atoms with Crippen molar-refractivity contribution in [3.63, 3.8) is 0 Å². The number of hydrogen-bond acceptors (Lipinski definition) is 6. The van der Waals surface area contributed by atoms with Gasteiger partial charge in [0.1, 0.15) is 6.10 Å². The standard InChI is InChI=1S/C43H70N2O6/c1-28(2)30-18-23-43(38(49)45-27-13-14-35(47)44-26-12-10-11-15-36(48)50-9)25-24-41(7)31(37(30)43)16-17-33-40(6)21-20-34(51-29(3)46)39(4,5)32(40)19-22-42(33,41)8/h30-34,37H,1,10-27H2,2-9H3,(H,44,47)(H,45,49)/t30-,31+,32-,33+,34-,37+,40-,41+,42+,43-/m0/s1. The smallest absolute Gasteiger partial charge is 0.305 e. The zero-order valence-electron chi connectivity index (χ0n) is 33.3. The number of nitrogens with one attached hydrogen (secondary N) is 2. The van der Waals surface area contributed by atoms with Crippen LogP contribution in [0.2, 0.25) is 0 Å². The number of ether oxygens (including phenoxy) is 2. The Kier molecular flexibility index (Phi) is 11.8. The second-order valence-corrected chi connectivity index (χ2v) is 18.9. The van der Waals surface area contributed by atoms with Gasteiger partial charge in [0, 0.05) is 38.3 Å². The van der Waals surface area contributed by atoms with E-state index >= 15 is 0 Å². The average Bonchev–Trinajstić information content (AvgIpc) is 3.47. The largest absolute Gasteiger partial charge is 0.469 e. The van der Waals surface area contributed by atoms with Crippen molar-refractivity contribution in [2.75, 3.05) is 20.2 Å². The molecule has 8 heteroatoms. The number of methoxy groups -OCH3 is 1. The molecule has 0 heterocycles. The lowest BCUT2D eigenvalue weighted by molar-refractivity contribution is -0.248. The summed E-state index contributed by atoms with van der Waals surface area (Å²) in [6.45, 7) is 21.9. The average molecular weight is 711 g/mol. The predicted molar refractivity (Wildman–Crippen MR) is 200 cm³/mol. The third-order valence-electron chi connectivity index (χ3n) is 16.2. The Bertz CT molecular complexity index is 1340. The number of unbranched alkanes of at least 4 members (excludes halogenated alkanes) is 2. The second-order valence-electron chi connectivity index (χ2n) is 18.9. The number of fused-ring (bicyclic) bond motifs is 7. The quantitative estimate of drug-likeness (QED) is 0.113. The molecule has 5 saturated carbocycles. The first-order chi connectivity index (χ1) is 24.0. The molecule has 0 radical (unpaired) electrons. The Balaban J connectivity index is 1.24. The van der Waals surface area contributed by atoms with Crippen LogP contribution >= 0.6 is 0 Å². The lowest BCUT2D eigenvalue weighted by Gasteiger charge is -2.72. The summed E-state index contributed by atoms with van der Waals surface area (Å²) in [5.74, 6) is 2.14. The fourth-order valence-electron chi connectivity index (χ4n) is 13.5. The first kappa shape index (κ1) is 39.8. The van der Waals surface area contributed by atoms with Crippen LogP contribution in [0.25, 0.3) is 0 Å². The van der Waals surface area contributed by atoms with E-state index in [9.17, 15) is 19.2 Å². The number of amides is 2. The Labute approximate surface area is 308 Å². The summed E-state index contributed by atoms with van der Waals surface area (Å²) in [7, 11) is 1.40. The Hall–Kier alpha value is -2.38. The van der Waals surface area contributed by atoms with E-state index in [2.05, 4.69) is 63.5 Å². The van der Waals surface area contributed by atoms with Gasteiger partial charge in [0.25, 0.3) is 0 Å². The Morgan fingerprint density at radius 1 is 0.725 bits per heavy atom. The van der Waals surface area contributed by atoms with Gasteiger partial charge in [-0.25, -0.2) is 0 Å². The van der Waals surface area contributed by atoms with Gasteiger partial charge in [-0.3, -0.25) is 19.2 Å². The van der Waals surface area contributed by atoms with Crippen LogP contribution in [0, 0.1) is 56.7 Å². The minimum atomic E-state index is -0.366. The van der Waals surface area contributed by atoms with E-state index in [0.29, 0.717) is 61.9 Å². The summed E-state index contributed by atoms with van der Waals surface area (Å²) in [6, 6.07) is 0. The van der Waals surface area contributed by atoms with Gasteiger partial charge in [-0.05, 0) is 136 Å². The van der Waals surface area contributed by atoms with Crippen molar-refractivity contribution >= 4 is 23.8 Å². The van der Waals surface area contributed by atoms with Crippen molar-refractivity contribution in [2.24, 2.45) is 56.7 Å². The molecule has 288 valence electrons. The molecule has 0 aromatic rings. The molecule has 8 nitrogen and oxygen atoms in total. The zero-order chi connectivity index (χ0) is 37.4. The van der Waals surface area contributed by atoms with E-state index in [1.807, 2.05) is 0 Å². The molecule has 0 aromatic carbocycles. The van der Waals surface area contributed by atoms with Crippen molar-refractivity contribution in [1.82, 2.24) is 10.6 Å². The third kappa shape index (κ3) is 7.04. The van der Waals surface area contributed by atoms with Crippen LogP contribution in [0.5, 0.6) is 0 Å². The molecule has 5 rings (SSSR count). The van der Waals surface area contributed by atoms with Crippen molar-refractivity contribution < 1.29 is 28.7 Å². The monoisotopic (exact) mass is 711 g/mol. The fourth-order valence-corrected chi connectivity index (χ4v) is 13.5. The molecule has 5 aliphatic carbocycles. The van der Waals surface area contributed by atoms with E-state index in [-0.39, 0.29) is 56.9 Å². The van der Waals surface area contributed by atoms with Gasteiger partial charge >= 0.3 is 11.9 Å². The topological polar surface area (TPSA) is 111 Å². The summed E-state index contributed by atoms with van der Waals surface area (Å²) in [4.78, 5) is 50.2. The van der Waals surface area contributed by atoms with E-state index in [0.717, 1.165) is 57.8 Å². The lowest BCUT2D eigenvalue weighted by atomic mass is 9.32. The van der Waals surface area contributed by atoms with Gasteiger partial charge in [-0.1, -0.05) is 53.2 Å². The fraction of sp³-hybridized carbons (Fsp3) is 0.860. The highest BCUT2D eigenvalue weighted by Crippen LogP contribution is 2.77. The minimum Gasteiger partial charge on any atom is -0.469 e. The van der Waals surface area contributed by atoms with Gasteiger partial charge in [-0.15, -0.1) is 0 Å². The maximum atomic E-state index is 14.4. The summed E-state index contributed by atoms with van der Waals surface area (Å²) in [6.07, 6.45) is 14.6. The number of carbonyl (C=O) groups excluding carboxylic acids is 4. The molecular formula is C43H70N2O6. The number of carbonyl (C=O) groups is 4. The first-order valence-corrected chi connectivity index (χ1v) is 20.4. The number of allylic oxidation sites excluding steroid dienone is 1. The van der Waals surface area contributed by atoms with Gasteiger partial charge in [0.2, 0.25) is 11.8 Å². The number of hydrogen-bond donors (Lipinski definition) is 2. The minimum absolute atomic E-state index is 0.0153. The first-order valence-electron chi connectivity index (χ1n) is 20.4. The molecule has 5 fully saturated rings. The molecule has 5 aliphatic rings. The van der Waals surface area contributed by atoms with Crippen LogP contribution in [0.3, 0.4) is 0 Å². The summed E-state index contributed by atoms with van der Waals surface area (Å²) in [5.41, 5.74) is 1.34. The summed E-state index contributed by atoms with van der Waals surface area (Å²) in [5, 5.41) is 6.33. The van der Waals surface area contributed by atoms with Crippen LogP contribution in [-0.2, 0) is 28.7 Å². The molecule has 0 spiro atoms. The highest BCUT2D eigenvalue weighted by atomic mass is 16.5. The molecule has 0 unspecified atom stereocenters. The Morgan fingerprint density at radius 3 is 2.14 bits per heavy atom. The predicted octanol–water partition coefficient (Wildman–Crippen LogP) is 8.32.